The first-order chi connectivity index (χ1) is 7.52. The molecule has 0 N–H and O–H groups in total. The Labute approximate surface area is 116 Å². The molecule has 0 amide bonds. The van der Waals surface area contributed by atoms with Crippen LogP contribution in [0.4, 0.5) is 0 Å². The summed E-state index contributed by atoms with van der Waals surface area (Å²) in [6, 6.07) is 0. The van der Waals surface area contributed by atoms with E-state index in [1.54, 1.807) is 0 Å². The molecule has 1 aliphatic rings. The van der Waals surface area contributed by atoms with Crippen molar-refractivity contribution in [2.24, 2.45) is 16.7 Å². The minimum Gasteiger partial charge on any atom is -0.131 e. The Kier molecular flexibility index (Phi) is 4.59. The Hall–Kier alpha value is 0.260. The molecule has 0 spiro atoms. The Balaban J connectivity index is 2.64. The van der Waals surface area contributed by atoms with Crippen molar-refractivity contribution in [3.63, 3.8) is 0 Å². The fraction of sp³-hybridized carbons (Fsp3) is 0.867. The van der Waals surface area contributed by atoms with E-state index >= 15 is 0 Å². The summed E-state index contributed by atoms with van der Waals surface area (Å²) in [6.07, 6.45) is 0. The van der Waals surface area contributed by atoms with Crippen LogP contribution in [0, 0.1) is 28.6 Å². The van der Waals surface area contributed by atoms with Crippen LogP contribution in [0.15, 0.2) is 0 Å². The molecule has 0 saturated carbocycles. The molecule has 0 unspecified atom stereocenters. The fourth-order valence-electron chi connectivity index (χ4n) is 1.48. The van der Waals surface area contributed by atoms with Gasteiger partial charge in [-0.15, -0.1) is 23.5 Å². The molecular formula is C15H26S2. The topological polar surface area (TPSA) is 0 Å². The van der Waals surface area contributed by atoms with E-state index in [-0.39, 0.29) is 9.49 Å². The summed E-state index contributed by atoms with van der Waals surface area (Å²) >= 11 is 4.06. The first kappa shape index (κ1) is 15.3. The van der Waals surface area contributed by atoms with E-state index in [9.17, 15) is 0 Å². The Morgan fingerprint density at radius 2 is 1.47 bits per heavy atom. The van der Waals surface area contributed by atoms with E-state index < -0.39 is 0 Å². The molecule has 1 rings (SSSR count). The van der Waals surface area contributed by atoms with Gasteiger partial charge < -0.3 is 0 Å². The maximum Gasteiger partial charge on any atom is 0.119 e. The third-order valence-electron chi connectivity index (χ3n) is 3.01. The summed E-state index contributed by atoms with van der Waals surface area (Å²) in [7, 11) is 0. The Morgan fingerprint density at radius 3 is 1.82 bits per heavy atom. The van der Waals surface area contributed by atoms with E-state index in [0.29, 0.717) is 5.41 Å². The monoisotopic (exact) mass is 270 g/mol. The van der Waals surface area contributed by atoms with Crippen molar-refractivity contribution in [1.82, 2.24) is 0 Å². The molecule has 2 heteroatoms. The highest BCUT2D eigenvalue weighted by Crippen LogP contribution is 2.47. The smallest absolute Gasteiger partial charge is 0.119 e. The van der Waals surface area contributed by atoms with Crippen LogP contribution in [0.25, 0.3) is 0 Å². The van der Waals surface area contributed by atoms with E-state index in [4.69, 9.17) is 0 Å². The first-order valence-corrected chi connectivity index (χ1v) is 8.31. The lowest BCUT2D eigenvalue weighted by Gasteiger charge is -2.39. The zero-order chi connectivity index (χ0) is 13.3. The van der Waals surface area contributed by atoms with Gasteiger partial charge in [-0.05, 0) is 50.5 Å². The lowest BCUT2D eigenvalue weighted by Crippen LogP contribution is -2.33. The van der Waals surface area contributed by atoms with Gasteiger partial charge in [-0.1, -0.05) is 32.6 Å². The van der Waals surface area contributed by atoms with Crippen molar-refractivity contribution >= 4 is 23.5 Å². The van der Waals surface area contributed by atoms with Crippen LogP contribution in [0.3, 0.4) is 0 Å². The van der Waals surface area contributed by atoms with Crippen LogP contribution in [0.2, 0.25) is 0 Å². The Bertz CT molecular complexity index is 312. The predicted octanol–water partition coefficient (Wildman–Crippen LogP) is 4.89. The van der Waals surface area contributed by atoms with E-state index in [1.807, 2.05) is 23.5 Å². The number of rotatable bonds is 0. The fourth-order valence-corrected chi connectivity index (χ4v) is 4.89. The highest BCUT2D eigenvalue weighted by molar-refractivity contribution is 8.19. The standard InChI is InChI=1S/C15H26S2/c1-13(2,3)8-9-15(7)16-10-12(11-17-15)14(4,5)6/h12H,10-11H2,1-7H3. The maximum atomic E-state index is 3.49. The number of thioether (sulfide) groups is 2. The van der Waals surface area contributed by atoms with Gasteiger partial charge >= 0.3 is 0 Å². The number of hydrogen-bond donors (Lipinski definition) is 0. The third-order valence-corrected chi connectivity index (χ3v) is 6.16. The van der Waals surface area contributed by atoms with Crippen LogP contribution in [-0.2, 0) is 0 Å². The van der Waals surface area contributed by atoms with Crippen molar-refractivity contribution in [1.29, 1.82) is 0 Å². The van der Waals surface area contributed by atoms with Gasteiger partial charge in [0.05, 0.1) is 0 Å². The molecule has 0 aromatic heterocycles. The van der Waals surface area contributed by atoms with Crippen LogP contribution in [0.5, 0.6) is 0 Å². The van der Waals surface area contributed by atoms with Crippen LogP contribution < -0.4 is 0 Å². The van der Waals surface area contributed by atoms with Gasteiger partial charge in [-0.25, -0.2) is 0 Å². The maximum absolute atomic E-state index is 3.49. The van der Waals surface area contributed by atoms with Crippen LogP contribution >= 0.6 is 23.5 Å². The third kappa shape index (κ3) is 5.18. The molecule has 0 radical (unpaired) electrons. The largest absolute Gasteiger partial charge is 0.131 e. The number of hydrogen-bond acceptors (Lipinski definition) is 2. The van der Waals surface area contributed by atoms with Crippen molar-refractivity contribution in [2.75, 3.05) is 11.5 Å². The second kappa shape index (κ2) is 5.10. The predicted molar refractivity (Wildman–Crippen MR) is 83.5 cm³/mol. The molecule has 1 fully saturated rings. The molecule has 0 aliphatic carbocycles. The molecule has 1 heterocycles. The second-order valence-corrected chi connectivity index (χ2v) is 10.3. The molecule has 98 valence electrons. The normalized spacial score (nSPS) is 30.6. The van der Waals surface area contributed by atoms with Crippen molar-refractivity contribution in [3.05, 3.63) is 0 Å². The summed E-state index contributed by atoms with van der Waals surface area (Å²) in [5.74, 6) is 10.2. The van der Waals surface area contributed by atoms with Gasteiger partial charge in [0.2, 0.25) is 0 Å². The SMILES string of the molecule is CC(C)(C)C#CC1(C)SCC(C(C)(C)C)CS1. The van der Waals surface area contributed by atoms with Gasteiger partial charge in [0.15, 0.2) is 0 Å². The highest BCUT2D eigenvalue weighted by atomic mass is 32.2. The van der Waals surface area contributed by atoms with Gasteiger partial charge in [0.25, 0.3) is 0 Å². The van der Waals surface area contributed by atoms with Gasteiger partial charge in [-0.2, -0.15) is 0 Å². The molecule has 1 aliphatic heterocycles. The van der Waals surface area contributed by atoms with Crippen LogP contribution in [-0.4, -0.2) is 15.6 Å². The average Bonchev–Trinajstić information content (AvgIpc) is 2.13. The lowest BCUT2D eigenvalue weighted by atomic mass is 9.83. The molecular weight excluding hydrogens is 244 g/mol. The lowest BCUT2D eigenvalue weighted by molar-refractivity contribution is 0.292. The van der Waals surface area contributed by atoms with E-state index in [0.717, 1.165) is 5.92 Å². The van der Waals surface area contributed by atoms with Crippen molar-refractivity contribution in [3.8, 4) is 11.8 Å². The summed E-state index contributed by atoms with van der Waals surface area (Å²) in [4.78, 5) is 0. The zero-order valence-electron chi connectivity index (χ0n) is 12.3. The molecule has 0 aromatic carbocycles. The summed E-state index contributed by atoms with van der Waals surface area (Å²) in [5, 5.41) is 0. The Morgan fingerprint density at radius 1 is 1.00 bits per heavy atom. The molecule has 0 aromatic rings. The summed E-state index contributed by atoms with van der Waals surface area (Å²) < 4.78 is 0.106. The van der Waals surface area contributed by atoms with Gasteiger partial charge in [-0.3, -0.25) is 0 Å². The molecule has 0 atom stereocenters. The van der Waals surface area contributed by atoms with Gasteiger partial charge in [0.1, 0.15) is 4.08 Å². The van der Waals surface area contributed by atoms with Gasteiger partial charge in [0, 0.05) is 5.41 Å². The zero-order valence-corrected chi connectivity index (χ0v) is 13.9. The quantitative estimate of drug-likeness (QED) is 0.575. The van der Waals surface area contributed by atoms with Crippen molar-refractivity contribution in [2.45, 2.75) is 52.5 Å². The molecule has 1 saturated heterocycles. The average molecular weight is 271 g/mol. The first-order valence-electron chi connectivity index (χ1n) is 6.34. The molecule has 17 heavy (non-hydrogen) atoms. The summed E-state index contributed by atoms with van der Waals surface area (Å²) in [5.41, 5.74) is 0.545. The summed E-state index contributed by atoms with van der Waals surface area (Å²) in [6.45, 7) is 15.9. The van der Waals surface area contributed by atoms with E-state index in [1.165, 1.54) is 11.5 Å². The minimum absolute atomic E-state index is 0.106. The highest BCUT2D eigenvalue weighted by Gasteiger charge is 2.36. The van der Waals surface area contributed by atoms with E-state index in [2.05, 4.69) is 60.3 Å². The van der Waals surface area contributed by atoms with Crippen molar-refractivity contribution < 1.29 is 0 Å². The molecule has 0 nitrogen and oxygen atoms in total. The minimum atomic E-state index is 0.106. The molecule has 0 bridgehead atoms. The van der Waals surface area contributed by atoms with Crippen LogP contribution in [0.1, 0.15) is 48.5 Å². The second-order valence-electron chi connectivity index (χ2n) is 7.13.